The predicted octanol–water partition coefficient (Wildman–Crippen LogP) is 1.25. The van der Waals surface area contributed by atoms with Gasteiger partial charge in [-0.1, -0.05) is 26.7 Å². The van der Waals surface area contributed by atoms with Gasteiger partial charge in [-0.15, -0.1) is 0 Å². The van der Waals surface area contributed by atoms with E-state index >= 15 is 0 Å². The van der Waals surface area contributed by atoms with Gasteiger partial charge in [0.15, 0.2) is 0 Å². The van der Waals surface area contributed by atoms with Gasteiger partial charge in [0.2, 0.25) is 11.8 Å². The highest BCUT2D eigenvalue weighted by Gasteiger charge is 2.29. The van der Waals surface area contributed by atoms with E-state index in [1.54, 1.807) is 4.90 Å². The molecule has 2 amide bonds. The average Bonchev–Trinajstić information content (AvgIpc) is 2.87. The zero-order chi connectivity index (χ0) is 15.1. The molecule has 5 heteroatoms. The summed E-state index contributed by atoms with van der Waals surface area (Å²) in [5, 5.41) is 0. The van der Waals surface area contributed by atoms with Gasteiger partial charge in [-0.2, -0.15) is 0 Å². The van der Waals surface area contributed by atoms with Crippen molar-refractivity contribution in [2.45, 2.75) is 58.4 Å². The van der Waals surface area contributed by atoms with Gasteiger partial charge in [0.25, 0.3) is 0 Å². The molecule has 1 rings (SSSR count). The molecule has 0 aromatic heterocycles. The average molecular weight is 283 g/mol. The molecule has 20 heavy (non-hydrogen) atoms. The van der Waals surface area contributed by atoms with Crippen molar-refractivity contribution in [3.63, 3.8) is 0 Å². The summed E-state index contributed by atoms with van der Waals surface area (Å²) < 4.78 is 0. The van der Waals surface area contributed by atoms with Gasteiger partial charge in [0, 0.05) is 12.5 Å². The zero-order valence-corrected chi connectivity index (χ0v) is 12.8. The fourth-order valence-corrected chi connectivity index (χ4v) is 3.10. The van der Waals surface area contributed by atoms with E-state index in [-0.39, 0.29) is 24.4 Å². The third kappa shape index (κ3) is 5.49. The van der Waals surface area contributed by atoms with Crippen LogP contribution in [-0.2, 0) is 9.59 Å². The highest BCUT2D eigenvalue weighted by molar-refractivity contribution is 5.84. The second kappa shape index (κ2) is 8.25. The van der Waals surface area contributed by atoms with Crippen molar-refractivity contribution in [3.05, 3.63) is 0 Å². The molecule has 1 aliphatic rings. The third-order valence-corrected chi connectivity index (χ3v) is 4.01. The topological polar surface area (TPSA) is 89.4 Å². The Morgan fingerprint density at radius 2 is 1.85 bits per heavy atom. The van der Waals surface area contributed by atoms with Gasteiger partial charge < -0.3 is 16.4 Å². The number of nitrogens with zero attached hydrogens (tertiary/aromatic N) is 1. The summed E-state index contributed by atoms with van der Waals surface area (Å²) in [4.78, 5) is 25.4. The molecular formula is C15H29N3O2. The van der Waals surface area contributed by atoms with Gasteiger partial charge in [-0.25, -0.2) is 0 Å². The summed E-state index contributed by atoms with van der Waals surface area (Å²) in [6, 6.07) is 0.187. The minimum atomic E-state index is -0.432. The van der Waals surface area contributed by atoms with E-state index in [0.29, 0.717) is 18.9 Å². The maximum atomic E-state index is 12.5. The van der Waals surface area contributed by atoms with Crippen LogP contribution in [-0.4, -0.2) is 35.8 Å². The van der Waals surface area contributed by atoms with E-state index < -0.39 is 5.91 Å². The van der Waals surface area contributed by atoms with Crippen molar-refractivity contribution in [2.24, 2.45) is 23.3 Å². The van der Waals surface area contributed by atoms with Crippen molar-refractivity contribution in [3.8, 4) is 0 Å². The number of hydrogen-bond acceptors (Lipinski definition) is 3. The SMILES string of the molecule is CC(C)C[C@H](CN)CC(=O)N(CC(N)=O)C1CCCC1. The van der Waals surface area contributed by atoms with Crippen LogP contribution in [0.2, 0.25) is 0 Å². The predicted molar refractivity (Wildman–Crippen MR) is 79.8 cm³/mol. The lowest BCUT2D eigenvalue weighted by molar-refractivity contribution is -0.138. The molecular weight excluding hydrogens is 254 g/mol. The lowest BCUT2D eigenvalue weighted by Gasteiger charge is -2.29. The summed E-state index contributed by atoms with van der Waals surface area (Å²) in [7, 11) is 0. The van der Waals surface area contributed by atoms with Gasteiger partial charge in [0.1, 0.15) is 0 Å². The maximum absolute atomic E-state index is 12.5. The van der Waals surface area contributed by atoms with Crippen LogP contribution in [0.25, 0.3) is 0 Å². The first-order chi connectivity index (χ1) is 9.43. The number of primary amides is 1. The van der Waals surface area contributed by atoms with E-state index in [1.807, 2.05) is 0 Å². The number of rotatable bonds is 8. The van der Waals surface area contributed by atoms with Crippen LogP contribution < -0.4 is 11.5 Å². The van der Waals surface area contributed by atoms with E-state index in [1.165, 1.54) is 0 Å². The third-order valence-electron chi connectivity index (χ3n) is 4.01. The molecule has 4 N–H and O–H groups in total. The molecule has 0 aliphatic heterocycles. The molecule has 0 aromatic rings. The fraction of sp³-hybridized carbons (Fsp3) is 0.867. The zero-order valence-electron chi connectivity index (χ0n) is 12.8. The Bertz CT molecular complexity index is 325. The second-order valence-electron chi connectivity index (χ2n) is 6.36. The minimum absolute atomic E-state index is 0.0341. The standard InChI is InChI=1S/C15H29N3O2/c1-11(2)7-12(9-16)8-15(20)18(10-14(17)19)13-5-3-4-6-13/h11-13H,3-10,16H2,1-2H3,(H2,17,19)/t12-/m0/s1. The van der Waals surface area contributed by atoms with Crippen LogP contribution in [0.1, 0.15) is 52.4 Å². The van der Waals surface area contributed by atoms with Gasteiger partial charge in [-0.3, -0.25) is 9.59 Å². The van der Waals surface area contributed by atoms with Crippen LogP contribution in [0.15, 0.2) is 0 Å². The fourth-order valence-electron chi connectivity index (χ4n) is 3.10. The number of nitrogens with two attached hydrogens (primary N) is 2. The number of carbonyl (C=O) groups is 2. The van der Waals surface area contributed by atoms with Gasteiger partial charge >= 0.3 is 0 Å². The van der Waals surface area contributed by atoms with Crippen molar-refractivity contribution in [1.29, 1.82) is 0 Å². The normalized spacial score (nSPS) is 17.4. The molecule has 116 valence electrons. The van der Waals surface area contributed by atoms with E-state index in [9.17, 15) is 9.59 Å². The van der Waals surface area contributed by atoms with Crippen molar-refractivity contribution in [1.82, 2.24) is 4.90 Å². The molecule has 1 atom stereocenters. The molecule has 1 saturated carbocycles. The van der Waals surface area contributed by atoms with Crippen LogP contribution in [0, 0.1) is 11.8 Å². The number of carbonyl (C=O) groups excluding carboxylic acids is 2. The Morgan fingerprint density at radius 3 is 2.30 bits per heavy atom. The molecule has 1 aliphatic carbocycles. The van der Waals surface area contributed by atoms with Crippen LogP contribution in [0.4, 0.5) is 0 Å². The first-order valence-electron chi connectivity index (χ1n) is 7.71. The molecule has 0 spiro atoms. The monoisotopic (exact) mass is 283 g/mol. The van der Waals surface area contributed by atoms with Gasteiger partial charge in [0.05, 0.1) is 6.54 Å². The first-order valence-corrected chi connectivity index (χ1v) is 7.71. The minimum Gasteiger partial charge on any atom is -0.368 e. The lowest BCUT2D eigenvalue weighted by Crippen LogP contribution is -2.45. The Kier molecular flexibility index (Phi) is 6.99. The number of hydrogen-bond donors (Lipinski definition) is 2. The first kappa shape index (κ1) is 17.0. The Hall–Kier alpha value is -1.10. The molecule has 0 heterocycles. The molecule has 0 unspecified atom stereocenters. The molecule has 0 saturated heterocycles. The van der Waals surface area contributed by atoms with Crippen molar-refractivity contribution in [2.75, 3.05) is 13.1 Å². The van der Waals surface area contributed by atoms with E-state index in [2.05, 4.69) is 13.8 Å². The van der Waals surface area contributed by atoms with Crippen LogP contribution >= 0.6 is 0 Å². The Balaban J connectivity index is 2.63. The molecule has 0 radical (unpaired) electrons. The number of amides is 2. The van der Waals surface area contributed by atoms with Crippen LogP contribution in [0.5, 0.6) is 0 Å². The van der Waals surface area contributed by atoms with Crippen molar-refractivity contribution < 1.29 is 9.59 Å². The molecule has 0 bridgehead atoms. The summed E-state index contributed by atoms with van der Waals surface area (Å²) in [6.45, 7) is 4.82. The lowest BCUT2D eigenvalue weighted by atomic mass is 9.93. The maximum Gasteiger partial charge on any atom is 0.237 e. The molecule has 0 aromatic carbocycles. The van der Waals surface area contributed by atoms with Crippen LogP contribution in [0.3, 0.4) is 0 Å². The van der Waals surface area contributed by atoms with E-state index in [4.69, 9.17) is 11.5 Å². The van der Waals surface area contributed by atoms with E-state index in [0.717, 1.165) is 32.1 Å². The van der Waals surface area contributed by atoms with Gasteiger partial charge in [-0.05, 0) is 37.6 Å². The highest BCUT2D eigenvalue weighted by Crippen LogP contribution is 2.25. The van der Waals surface area contributed by atoms with Crippen molar-refractivity contribution >= 4 is 11.8 Å². The molecule has 5 nitrogen and oxygen atoms in total. The smallest absolute Gasteiger partial charge is 0.237 e. The summed E-state index contributed by atoms with van der Waals surface area (Å²) in [5.74, 6) is 0.317. The Labute approximate surface area is 122 Å². The summed E-state index contributed by atoms with van der Waals surface area (Å²) in [5.41, 5.74) is 11.0. The summed E-state index contributed by atoms with van der Waals surface area (Å²) >= 11 is 0. The molecule has 1 fully saturated rings. The highest BCUT2D eigenvalue weighted by atomic mass is 16.2. The largest absolute Gasteiger partial charge is 0.368 e. The Morgan fingerprint density at radius 1 is 1.25 bits per heavy atom. The summed E-state index contributed by atoms with van der Waals surface area (Å²) in [6.07, 6.45) is 5.59. The quantitative estimate of drug-likeness (QED) is 0.702. The second-order valence-corrected chi connectivity index (χ2v) is 6.36.